The standard InChI is InChI=1S/C22H19N3O4/c1-12-6-7-17(13(2)8-12)29-11-14-4-3-5-15(9-14)25-18(26)10-16-19(20(25)23)22(28)24-21(16)27/h3-10H,11,23H2,1-2H3,(H,24,27,28). The molecule has 0 saturated heterocycles. The first-order chi connectivity index (χ1) is 13.8. The summed E-state index contributed by atoms with van der Waals surface area (Å²) in [6, 6.07) is 14.2. The number of aryl methyl sites for hydroxylation is 2. The highest BCUT2D eigenvalue weighted by Gasteiger charge is 2.31. The van der Waals surface area contributed by atoms with Crippen molar-refractivity contribution < 1.29 is 14.3 Å². The average Bonchev–Trinajstić information content (AvgIpc) is 2.95. The summed E-state index contributed by atoms with van der Waals surface area (Å²) in [5.74, 6) is -0.504. The van der Waals surface area contributed by atoms with E-state index in [1.165, 1.54) is 4.57 Å². The molecule has 0 radical (unpaired) electrons. The lowest BCUT2D eigenvalue weighted by molar-refractivity contribution is 0.0880. The first-order valence-electron chi connectivity index (χ1n) is 9.05. The highest BCUT2D eigenvalue weighted by Crippen LogP contribution is 2.24. The van der Waals surface area contributed by atoms with Crippen LogP contribution in [0.4, 0.5) is 5.82 Å². The fourth-order valence-electron chi connectivity index (χ4n) is 3.45. The number of carbonyl (C=O) groups is 2. The van der Waals surface area contributed by atoms with Crippen molar-refractivity contribution in [1.29, 1.82) is 0 Å². The van der Waals surface area contributed by atoms with E-state index in [2.05, 4.69) is 5.32 Å². The predicted molar refractivity (Wildman–Crippen MR) is 108 cm³/mol. The van der Waals surface area contributed by atoms with Crippen molar-refractivity contribution in [3.05, 3.63) is 86.7 Å². The maximum atomic E-state index is 12.6. The molecule has 1 aliphatic heterocycles. The van der Waals surface area contributed by atoms with Crippen LogP contribution in [0.3, 0.4) is 0 Å². The fraction of sp³-hybridized carbons (Fsp3) is 0.136. The van der Waals surface area contributed by atoms with E-state index in [0.717, 1.165) is 28.5 Å². The number of nitrogens with zero attached hydrogens (tertiary/aromatic N) is 1. The van der Waals surface area contributed by atoms with E-state index < -0.39 is 17.4 Å². The van der Waals surface area contributed by atoms with Crippen molar-refractivity contribution in [3.63, 3.8) is 0 Å². The molecule has 0 unspecified atom stereocenters. The highest BCUT2D eigenvalue weighted by atomic mass is 16.5. The number of carbonyl (C=O) groups excluding carboxylic acids is 2. The van der Waals surface area contributed by atoms with Crippen LogP contribution >= 0.6 is 0 Å². The first-order valence-corrected chi connectivity index (χ1v) is 9.05. The molecule has 2 heterocycles. The van der Waals surface area contributed by atoms with E-state index in [-0.39, 0.29) is 16.9 Å². The first kappa shape index (κ1) is 18.5. The van der Waals surface area contributed by atoms with Crippen LogP contribution in [0.1, 0.15) is 37.4 Å². The van der Waals surface area contributed by atoms with Gasteiger partial charge in [0.1, 0.15) is 18.2 Å². The molecule has 0 spiro atoms. The van der Waals surface area contributed by atoms with Crippen LogP contribution in [0.25, 0.3) is 5.69 Å². The minimum atomic E-state index is -0.614. The lowest BCUT2D eigenvalue weighted by atomic mass is 10.1. The Balaban J connectivity index is 1.68. The topological polar surface area (TPSA) is 103 Å². The lowest BCUT2D eigenvalue weighted by Gasteiger charge is -2.14. The zero-order valence-electron chi connectivity index (χ0n) is 16.0. The van der Waals surface area contributed by atoms with Gasteiger partial charge in [-0.3, -0.25) is 24.3 Å². The minimum absolute atomic E-state index is 0.00286. The summed E-state index contributed by atoms with van der Waals surface area (Å²) in [5, 5.41) is 2.16. The van der Waals surface area contributed by atoms with Crippen LogP contribution in [0.15, 0.2) is 53.3 Å². The summed E-state index contributed by atoms with van der Waals surface area (Å²) in [6.07, 6.45) is 0. The number of pyridine rings is 1. The third kappa shape index (κ3) is 3.27. The number of nitrogens with two attached hydrogens (primary N) is 1. The van der Waals surface area contributed by atoms with E-state index >= 15 is 0 Å². The van der Waals surface area contributed by atoms with Crippen molar-refractivity contribution in [3.8, 4) is 11.4 Å². The molecule has 4 rings (SSSR count). The molecule has 7 nitrogen and oxygen atoms in total. The second-order valence-electron chi connectivity index (χ2n) is 7.00. The number of fused-ring (bicyclic) bond motifs is 1. The Morgan fingerprint density at radius 3 is 2.55 bits per heavy atom. The van der Waals surface area contributed by atoms with Gasteiger partial charge in [-0.1, -0.05) is 29.8 Å². The van der Waals surface area contributed by atoms with Crippen molar-refractivity contribution >= 4 is 17.6 Å². The number of amides is 2. The summed E-state index contributed by atoms with van der Waals surface area (Å²) < 4.78 is 7.13. The second-order valence-corrected chi connectivity index (χ2v) is 7.00. The van der Waals surface area contributed by atoms with Crippen LogP contribution < -0.4 is 21.3 Å². The van der Waals surface area contributed by atoms with Gasteiger partial charge in [0.05, 0.1) is 16.8 Å². The zero-order chi connectivity index (χ0) is 20.7. The van der Waals surface area contributed by atoms with Gasteiger partial charge in [0.25, 0.3) is 17.4 Å². The smallest absolute Gasteiger partial charge is 0.262 e. The number of hydrogen-bond donors (Lipinski definition) is 2. The molecule has 7 heteroatoms. The normalized spacial score (nSPS) is 12.6. The Hall–Kier alpha value is -3.87. The molecule has 1 aliphatic rings. The maximum absolute atomic E-state index is 12.6. The minimum Gasteiger partial charge on any atom is -0.489 e. The van der Waals surface area contributed by atoms with Gasteiger partial charge in [-0.05, 0) is 43.2 Å². The number of nitrogen functional groups attached to an aromatic ring is 1. The molecule has 146 valence electrons. The lowest BCUT2D eigenvalue weighted by Crippen LogP contribution is -2.24. The van der Waals surface area contributed by atoms with Crippen LogP contribution in [0.2, 0.25) is 0 Å². The van der Waals surface area contributed by atoms with Gasteiger partial charge >= 0.3 is 0 Å². The Bertz CT molecular complexity index is 1230. The summed E-state index contributed by atoms with van der Waals surface area (Å²) in [5.41, 5.74) is 9.14. The van der Waals surface area contributed by atoms with E-state index in [0.29, 0.717) is 12.3 Å². The van der Waals surface area contributed by atoms with Gasteiger partial charge < -0.3 is 10.5 Å². The van der Waals surface area contributed by atoms with E-state index in [1.54, 1.807) is 18.2 Å². The summed E-state index contributed by atoms with van der Waals surface area (Å²) in [7, 11) is 0. The molecule has 0 aliphatic carbocycles. The van der Waals surface area contributed by atoms with Crippen molar-refractivity contribution in [2.24, 2.45) is 0 Å². The molecule has 3 aromatic rings. The molecule has 3 N–H and O–H groups in total. The van der Waals surface area contributed by atoms with E-state index in [9.17, 15) is 14.4 Å². The number of rotatable bonds is 4. The highest BCUT2D eigenvalue weighted by molar-refractivity contribution is 6.23. The number of imide groups is 1. The molecular formula is C22H19N3O4. The van der Waals surface area contributed by atoms with Gasteiger partial charge in [0.2, 0.25) is 0 Å². The second kappa shape index (κ2) is 6.94. The number of nitrogens with one attached hydrogen (secondary N) is 1. The molecular weight excluding hydrogens is 370 g/mol. The molecule has 0 atom stereocenters. The Labute approximate surface area is 166 Å². The van der Waals surface area contributed by atoms with Crippen molar-refractivity contribution in [2.75, 3.05) is 5.73 Å². The van der Waals surface area contributed by atoms with Crippen molar-refractivity contribution in [2.45, 2.75) is 20.5 Å². The van der Waals surface area contributed by atoms with E-state index in [4.69, 9.17) is 10.5 Å². The monoisotopic (exact) mass is 389 g/mol. The number of ether oxygens (including phenoxy) is 1. The Morgan fingerprint density at radius 2 is 1.79 bits per heavy atom. The largest absolute Gasteiger partial charge is 0.489 e. The number of benzene rings is 2. The molecule has 2 amide bonds. The van der Waals surface area contributed by atoms with Crippen LogP contribution in [0, 0.1) is 13.8 Å². The SMILES string of the molecule is Cc1ccc(OCc2cccc(-n3c(N)c4c(cc3=O)C(=O)NC4=O)c2)c(C)c1. The van der Waals surface area contributed by atoms with Crippen molar-refractivity contribution in [1.82, 2.24) is 9.88 Å². The Morgan fingerprint density at radius 1 is 1.00 bits per heavy atom. The molecule has 29 heavy (non-hydrogen) atoms. The third-order valence-electron chi connectivity index (χ3n) is 4.85. The van der Waals surface area contributed by atoms with Gasteiger partial charge in [0.15, 0.2) is 0 Å². The molecule has 1 aromatic heterocycles. The van der Waals surface area contributed by atoms with Gasteiger partial charge in [-0.25, -0.2) is 0 Å². The summed E-state index contributed by atoms with van der Waals surface area (Å²) in [6.45, 7) is 4.30. The number of anilines is 1. The quantitative estimate of drug-likeness (QED) is 0.668. The van der Waals surface area contributed by atoms with Crippen LogP contribution in [-0.2, 0) is 6.61 Å². The summed E-state index contributed by atoms with van der Waals surface area (Å²) in [4.78, 5) is 36.4. The van der Waals surface area contributed by atoms with Crippen LogP contribution in [0.5, 0.6) is 5.75 Å². The third-order valence-corrected chi connectivity index (χ3v) is 4.85. The summed E-state index contributed by atoms with van der Waals surface area (Å²) >= 11 is 0. The maximum Gasteiger partial charge on any atom is 0.262 e. The average molecular weight is 389 g/mol. The molecule has 0 fully saturated rings. The van der Waals surface area contributed by atoms with Gasteiger partial charge in [-0.15, -0.1) is 0 Å². The van der Waals surface area contributed by atoms with Gasteiger partial charge in [-0.2, -0.15) is 0 Å². The van der Waals surface area contributed by atoms with Gasteiger partial charge in [0, 0.05) is 6.07 Å². The molecule has 2 aromatic carbocycles. The predicted octanol–water partition coefficient (Wildman–Crippen LogP) is 2.50. The van der Waals surface area contributed by atoms with Crippen LogP contribution in [-0.4, -0.2) is 16.4 Å². The zero-order valence-corrected chi connectivity index (χ0v) is 16.0. The molecule has 0 bridgehead atoms. The van der Waals surface area contributed by atoms with E-state index in [1.807, 2.05) is 38.1 Å². The number of hydrogen-bond acceptors (Lipinski definition) is 5. The fourth-order valence-corrected chi connectivity index (χ4v) is 3.45. The Kier molecular flexibility index (Phi) is 4.43. The number of aromatic nitrogens is 1. The molecule has 0 saturated carbocycles.